The number of carbonyl (C=O) groups excluding carboxylic acids is 1. The zero-order valence-electron chi connectivity index (χ0n) is 20.8. The molecule has 0 aliphatic heterocycles. The zero-order chi connectivity index (χ0) is 26.1. The van der Waals surface area contributed by atoms with Gasteiger partial charge in [0.1, 0.15) is 24.0 Å². The number of aromatic nitrogens is 2. The first-order valence-electron chi connectivity index (χ1n) is 11.1. The zero-order valence-corrected chi connectivity index (χ0v) is 24.1. The SMILES string of the molecule is COc1cc(/C=N\NC(=O)CSc2nnc(C)s2)cc(Br)c1OCCOc1ccc(C(C)(C)C)cc1. The Morgan fingerprint density at radius 3 is 2.53 bits per heavy atom. The van der Waals surface area contributed by atoms with Crippen molar-refractivity contribution >= 4 is 51.2 Å². The number of rotatable bonds is 11. The number of hydrogen-bond acceptors (Lipinski definition) is 9. The fourth-order valence-corrected chi connectivity index (χ4v) is 5.17. The van der Waals surface area contributed by atoms with Crippen molar-refractivity contribution in [2.24, 2.45) is 5.10 Å². The molecule has 11 heteroatoms. The van der Waals surface area contributed by atoms with Gasteiger partial charge in [0, 0.05) is 0 Å². The fourth-order valence-electron chi connectivity index (χ4n) is 2.98. The fraction of sp³-hybridized carbons (Fsp3) is 0.360. The molecule has 0 saturated carbocycles. The van der Waals surface area contributed by atoms with Gasteiger partial charge >= 0.3 is 0 Å². The van der Waals surface area contributed by atoms with E-state index in [1.54, 1.807) is 19.4 Å². The summed E-state index contributed by atoms with van der Waals surface area (Å²) < 4.78 is 18.6. The van der Waals surface area contributed by atoms with Crippen LogP contribution in [0.5, 0.6) is 17.2 Å². The van der Waals surface area contributed by atoms with E-state index in [1.165, 1.54) is 28.7 Å². The number of nitrogens with zero attached hydrogens (tertiary/aromatic N) is 3. The quantitative estimate of drug-likeness (QED) is 0.134. The van der Waals surface area contributed by atoms with E-state index in [0.29, 0.717) is 29.2 Å². The smallest absolute Gasteiger partial charge is 0.250 e. The van der Waals surface area contributed by atoms with Gasteiger partial charge in [-0.15, -0.1) is 10.2 Å². The minimum atomic E-state index is -0.233. The summed E-state index contributed by atoms with van der Waals surface area (Å²) in [7, 11) is 1.57. The number of nitrogens with one attached hydrogen (secondary N) is 1. The van der Waals surface area contributed by atoms with Crippen LogP contribution < -0.4 is 19.6 Å². The second-order valence-electron chi connectivity index (χ2n) is 8.67. The monoisotopic (exact) mass is 592 g/mol. The van der Waals surface area contributed by atoms with Gasteiger partial charge in [-0.3, -0.25) is 4.79 Å². The number of methoxy groups -OCH3 is 1. The third-order valence-corrected chi connectivity index (χ3v) is 7.37. The van der Waals surface area contributed by atoms with E-state index in [2.05, 4.69) is 69.6 Å². The number of ether oxygens (including phenoxy) is 3. The first-order valence-corrected chi connectivity index (χ1v) is 13.7. The van der Waals surface area contributed by atoms with Gasteiger partial charge < -0.3 is 14.2 Å². The van der Waals surface area contributed by atoms with E-state index < -0.39 is 0 Å². The van der Waals surface area contributed by atoms with Crippen molar-refractivity contribution in [3.63, 3.8) is 0 Å². The molecule has 36 heavy (non-hydrogen) atoms. The van der Waals surface area contributed by atoms with Crippen LogP contribution in [0.15, 0.2) is 50.3 Å². The maximum atomic E-state index is 12.0. The summed E-state index contributed by atoms with van der Waals surface area (Å²) in [6.45, 7) is 9.13. The van der Waals surface area contributed by atoms with Crippen LogP contribution in [0.4, 0.5) is 0 Å². The van der Waals surface area contributed by atoms with Crippen LogP contribution in [0, 0.1) is 6.92 Å². The van der Waals surface area contributed by atoms with Crippen molar-refractivity contribution in [1.82, 2.24) is 15.6 Å². The van der Waals surface area contributed by atoms with Gasteiger partial charge in [0.05, 0.1) is 23.5 Å². The molecule has 2 aromatic carbocycles. The van der Waals surface area contributed by atoms with Crippen molar-refractivity contribution in [3.8, 4) is 17.2 Å². The summed E-state index contributed by atoms with van der Waals surface area (Å²) in [5.74, 6) is 1.86. The molecule has 1 heterocycles. The highest BCUT2D eigenvalue weighted by Gasteiger charge is 2.14. The van der Waals surface area contributed by atoms with E-state index in [4.69, 9.17) is 14.2 Å². The second-order valence-corrected chi connectivity index (χ2v) is 11.9. The molecule has 0 unspecified atom stereocenters. The third kappa shape index (κ3) is 8.49. The predicted octanol–water partition coefficient (Wildman–Crippen LogP) is 5.62. The molecule has 0 atom stereocenters. The number of hydrazone groups is 1. The summed E-state index contributed by atoms with van der Waals surface area (Å²) in [4.78, 5) is 12.0. The lowest BCUT2D eigenvalue weighted by Crippen LogP contribution is -2.19. The summed E-state index contributed by atoms with van der Waals surface area (Å²) in [5, 5.41) is 12.8. The summed E-state index contributed by atoms with van der Waals surface area (Å²) >= 11 is 6.29. The van der Waals surface area contributed by atoms with E-state index in [9.17, 15) is 4.79 Å². The van der Waals surface area contributed by atoms with Crippen LogP contribution >= 0.6 is 39.0 Å². The average Bonchev–Trinajstić information content (AvgIpc) is 3.26. The number of amides is 1. The highest BCUT2D eigenvalue weighted by atomic mass is 79.9. The predicted molar refractivity (Wildman–Crippen MR) is 148 cm³/mol. The molecule has 0 bridgehead atoms. The van der Waals surface area contributed by atoms with Crippen molar-refractivity contribution in [2.75, 3.05) is 26.1 Å². The van der Waals surface area contributed by atoms with Crippen LogP contribution in [-0.2, 0) is 10.2 Å². The minimum absolute atomic E-state index is 0.102. The summed E-state index contributed by atoms with van der Waals surface area (Å²) in [6.07, 6.45) is 1.54. The first kappa shape index (κ1) is 27.9. The van der Waals surface area contributed by atoms with Crippen molar-refractivity contribution in [2.45, 2.75) is 37.4 Å². The molecule has 0 spiro atoms. The van der Waals surface area contributed by atoms with E-state index in [1.807, 2.05) is 25.1 Å². The van der Waals surface area contributed by atoms with Crippen molar-refractivity contribution < 1.29 is 19.0 Å². The minimum Gasteiger partial charge on any atom is -0.493 e. The maximum absolute atomic E-state index is 12.0. The molecule has 1 N–H and O–H groups in total. The Morgan fingerprint density at radius 1 is 1.17 bits per heavy atom. The molecule has 1 aromatic heterocycles. The highest BCUT2D eigenvalue weighted by Crippen LogP contribution is 2.36. The van der Waals surface area contributed by atoms with Gasteiger partial charge in [0.25, 0.3) is 5.91 Å². The molecule has 1 amide bonds. The van der Waals surface area contributed by atoms with Gasteiger partial charge in [-0.2, -0.15) is 5.10 Å². The van der Waals surface area contributed by atoms with Crippen LogP contribution in [0.3, 0.4) is 0 Å². The largest absolute Gasteiger partial charge is 0.493 e. The van der Waals surface area contributed by atoms with Crippen LogP contribution in [0.2, 0.25) is 0 Å². The number of thioether (sulfide) groups is 1. The van der Waals surface area contributed by atoms with Gasteiger partial charge in [-0.05, 0) is 63.7 Å². The Labute approximate surface area is 228 Å². The number of carbonyl (C=O) groups is 1. The number of hydrogen-bond donors (Lipinski definition) is 1. The lowest BCUT2D eigenvalue weighted by Gasteiger charge is -2.19. The normalized spacial score (nSPS) is 11.5. The van der Waals surface area contributed by atoms with Crippen molar-refractivity contribution in [1.29, 1.82) is 0 Å². The van der Waals surface area contributed by atoms with Crippen LogP contribution in [0.1, 0.15) is 36.9 Å². The van der Waals surface area contributed by atoms with Gasteiger partial charge in [0.15, 0.2) is 15.8 Å². The Bertz CT molecular complexity index is 1190. The molecular weight excluding hydrogens is 564 g/mol. The van der Waals surface area contributed by atoms with Gasteiger partial charge in [0.2, 0.25) is 0 Å². The molecule has 0 fully saturated rings. The van der Waals surface area contributed by atoms with Gasteiger partial charge in [-0.1, -0.05) is 56.0 Å². The van der Waals surface area contributed by atoms with Crippen LogP contribution in [-0.4, -0.2) is 48.4 Å². The lowest BCUT2D eigenvalue weighted by atomic mass is 9.87. The molecule has 3 rings (SSSR count). The molecule has 3 aromatic rings. The van der Waals surface area contributed by atoms with E-state index in [0.717, 1.165) is 20.7 Å². The first-order chi connectivity index (χ1) is 17.2. The molecular formula is C25H29BrN4O4S2. The van der Waals surface area contributed by atoms with Crippen molar-refractivity contribution in [3.05, 3.63) is 57.0 Å². The van der Waals surface area contributed by atoms with Crippen LogP contribution in [0.25, 0.3) is 0 Å². The Kier molecular flexibility index (Phi) is 10.1. The number of halogens is 1. The molecule has 0 saturated heterocycles. The van der Waals surface area contributed by atoms with Gasteiger partial charge in [-0.25, -0.2) is 5.43 Å². The maximum Gasteiger partial charge on any atom is 0.250 e. The molecule has 192 valence electrons. The molecule has 0 radical (unpaired) electrons. The van der Waals surface area contributed by atoms with E-state index >= 15 is 0 Å². The summed E-state index contributed by atoms with van der Waals surface area (Å²) in [5.41, 5.74) is 4.60. The standard InChI is InChI=1S/C25H29BrN4O4S2/c1-16-28-30-24(36-16)35-15-22(31)29-27-14-17-12-20(26)23(21(13-17)32-5)34-11-10-33-19-8-6-18(7-9-19)25(2,3)4/h6-9,12-14H,10-11,15H2,1-5H3,(H,29,31)/b27-14-. The topological polar surface area (TPSA) is 94.9 Å². The second kappa shape index (κ2) is 13.1. The number of aryl methyl sites for hydroxylation is 1. The Hall–Kier alpha value is -2.63. The average molecular weight is 594 g/mol. The molecule has 0 aliphatic rings. The molecule has 0 aliphatic carbocycles. The Morgan fingerprint density at radius 2 is 1.89 bits per heavy atom. The number of benzene rings is 2. The summed E-state index contributed by atoms with van der Waals surface area (Å²) in [6, 6.07) is 11.7. The van der Waals surface area contributed by atoms with E-state index in [-0.39, 0.29) is 17.1 Å². The Balaban J connectivity index is 1.49. The lowest BCUT2D eigenvalue weighted by molar-refractivity contribution is -0.118. The third-order valence-electron chi connectivity index (χ3n) is 4.81. The molecule has 8 nitrogen and oxygen atoms in total. The highest BCUT2D eigenvalue weighted by molar-refractivity contribution is 9.10.